The largest absolute Gasteiger partial charge is 0.481 e. The summed E-state index contributed by atoms with van der Waals surface area (Å²) in [5.41, 5.74) is 0.243. The first-order chi connectivity index (χ1) is 7.73. The van der Waals surface area contributed by atoms with Gasteiger partial charge in [-0.15, -0.1) is 0 Å². The Kier molecular flexibility index (Phi) is 3.19. The van der Waals surface area contributed by atoms with Gasteiger partial charge in [0, 0.05) is 18.5 Å². The Morgan fingerprint density at radius 1 is 1.56 bits per heavy atom. The highest BCUT2D eigenvalue weighted by molar-refractivity contribution is 5.75. The zero-order chi connectivity index (χ0) is 11.4. The van der Waals surface area contributed by atoms with Gasteiger partial charge in [0.1, 0.15) is 0 Å². The molecule has 16 heavy (non-hydrogen) atoms. The predicted molar refractivity (Wildman–Crippen MR) is 58.1 cm³/mol. The maximum Gasteiger partial charge on any atom is 0.312 e. The Bertz CT molecular complexity index is 358. The second kappa shape index (κ2) is 4.61. The number of nitrogens with zero attached hydrogens (tertiary/aromatic N) is 1. The maximum atomic E-state index is 11.2. The number of pyridine rings is 1. The SMILES string of the molecule is O=C(O)C1(CCc2ccccn2)CCOC1. The molecule has 1 aromatic heterocycles. The molecule has 1 aromatic rings. The van der Waals surface area contributed by atoms with Crippen LogP contribution < -0.4 is 0 Å². The first-order valence-corrected chi connectivity index (χ1v) is 5.44. The Morgan fingerprint density at radius 2 is 2.44 bits per heavy atom. The third kappa shape index (κ3) is 2.22. The second-order valence-corrected chi connectivity index (χ2v) is 4.21. The van der Waals surface area contributed by atoms with Crippen LogP contribution in [0.3, 0.4) is 0 Å². The van der Waals surface area contributed by atoms with Crippen LogP contribution in [-0.4, -0.2) is 29.3 Å². The number of hydrogen-bond donors (Lipinski definition) is 1. The molecule has 1 N–H and O–H groups in total. The standard InChI is InChI=1S/C12H15NO3/c14-11(15)12(6-8-16-9-12)5-4-10-3-1-2-7-13-10/h1-3,7H,4-6,8-9H2,(H,14,15). The van der Waals surface area contributed by atoms with Crippen LogP contribution in [0.2, 0.25) is 0 Å². The van der Waals surface area contributed by atoms with Crippen molar-refractivity contribution >= 4 is 5.97 Å². The van der Waals surface area contributed by atoms with Crippen LogP contribution in [0.1, 0.15) is 18.5 Å². The van der Waals surface area contributed by atoms with Crippen molar-refractivity contribution < 1.29 is 14.6 Å². The summed E-state index contributed by atoms with van der Waals surface area (Å²) >= 11 is 0. The smallest absolute Gasteiger partial charge is 0.312 e. The molecular formula is C12H15NO3. The lowest BCUT2D eigenvalue weighted by atomic mass is 9.82. The molecule has 1 saturated heterocycles. The van der Waals surface area contributed by atoms with E-state index in [-0.39, 0.29) is 0 Å². The molecule has 0 bridgehead atoms. The molecule has 0 aromatic carbocycles. The lowest BCUT2D eigenvalue weighted by molar-refractivity contribution is -0.149. The first-order valence-electron chi connectivity index (χ1n) is 5.44. The summed E-state index contributed by atoms with van der Waals surface area (Å²) in [6.07, 6.45) is 3.62. The van der Waals surface area contributed by atoms with Crippen LogP contribution in [0, 0.1) is 5.41 Å². The van der Waals surface area contributed by atoms with E-state index in [0.717, 1.165) is 5.69 Å². The molecule has 1 aliphatic heterocycles. The maximum absolute atomic E-state index is 11.2. The fourth-order valence-corrected chi connectivity index (χ4v) is 1.99. The molecule has 4 nitrogen and oxygen atoms in total. The number of ether oxygens (including phenoxy) is 1. The van der Waals surface area contributed by atoms with E-state index in [2.05, 4.69) is 4.98 Å². The van der Waals surface area contributed by atoms with Crippen molar-refractivity contribution in [2.45, 2.75) is 19.3 Å². The van der Waals surface area contributed by atoms with Crippen molar-refractivity contribution in [2.24, 2.45) is 5.41 Å². The number of carbonyl (C=O) groups is 1. The van der Waals surface area contributed by atoms with Crippen LogP contribution in [0.5, 0.6) is 0 Å². The van der Waals surface area contributed by atoms with Gasteiger partial charge in [0.25, 0.3) is 0 Å². The van der Waals surface area contributed by atoms with Gasteiger partial charge in [-0.3, -0.25) is 9.78 Å². The molecule has 0 amide bonds. The molecule has 1 fully saturated rings. The van der Waals surface area contributed by atoms with E-state index in [1.54, 1.807) is 6.20 Å². The van der Waals surface area contributed by atoms with Gasteiger partial charge in [0.05, 0.1) is 12.0 Å². The van der Waals surface area contributed by atoms with E-state index in [0.29, 0.717) is 32.5 Å². The minimum absolute atomic E-state index is 0.329. The molecule has 1 atom stereocenters. The van der Waals surface area contributed by atoms with Gasteiger partial charge >= 0.3 is 5.97 Å². The highest BCUT2D eigenvalue weighted by atomic mass is 16.5. The highest BCUT2D eigenvalue weighted by Crippen LogP contribution is 2.33. The molecule has 1 unspecified atom stereocenters. The summed E-state index contributed by atoms with van der Waals surface area (Å²) in [7, 11) is 0. The molecular weight excluding hydrogens is 206 g/mol. The molecule has 0 radical (unpaired) electrons. The lowest BCUT2D eigenvalue weighted by Gasteiger charge is -2.21. The fraction of sp³-hybridized carbons (Fsp3) is 0.500. The number of carboxylic acids is 1. The summed E-state index contributed by atoms with van der Waals surface area (Å²) < 4.78 is 5.21. The molecule has 86 valence electrons. The van der Waals surface area contributed by atoms with Gasteiger partial charge in [0.15, 0.2) is 0 Å². The summed E-state index contributed by atoms with van der Waals surface area (Å²) in [5.74, 6) is -0.749. The van der Waals surface area contributed by atoms with Crippen LogP contribution >= 0.6 is 0 Å². The zero-order valence-corrected chi connectivity index (χ0v) is 9.06. The van der Waals surface area contributed by atoms with Crippen molar-refractivity contribution in [1.29, 1.82) is 0 Å². The van der Waals surface area contributed by atoms with Crippen molar-refractivity contribution in [3.63, 3.8) is 0 Å². The third-order valence-corrected chi connectivity index (χ3v) is 3.14. The summed E-state index contributed by atoms with van der Waals surface area (Å²) in [5, 5.41) is 9.24. The van der Waals surface area contributed by atoms with E-state index in [4.69, 9.17) is 4.74 Å². The Balaban J connectivity index is 2.00. The van der Waals surface area contributed by atoms with Crippen LogP contribution in [0.4, 0.5) is 0 Å². The number of aromatic nitrogens is 1. The molecule has 2 rings (SSSR count). The molecule has 1 aliphatic rings. The van der Waals surface area contributed by atoms with Crippen molar-refractivity contribution in [3.05, 3.63) is 30.1 Å². The van der Waals surface area contributed by atoms with E-state index in [1.165, 1.54) is 0 Å². The average molecular weight is 221 g/mol. The Labute approximate surface area is 94.3 Å². The third-order valence-electron chi connectivity index (χ3n) is 3.14. The quantitative estimate of drug-likeness (QED) is 0.837. The molecule has 4 heteroatoms. The van der Waals surface area contributed by atoms with Crippen molar-refractivity contribution in [3.8, 4) is 0 Å². The number of aliphatic carboxylic acids is 1. The van der Waals surface area contributed by atoms with Gasteiger partial charge < -0.3 is 9.84 Å². The van der Waals surface area contributed by atoms with Crippen LogP contribution in [0.15, 0.2) is 24.4 Å². The first kappa shape index (κ1) is 11.1. The van der Waals surface area contributed by atoms with Gasteiger partial charge in [-0.05, 0) is 31.4 Å². The average Bonchev–Trinajstić information content (AvgIpc) is 2.78. The number of aryl methyl sites for hydroxylation is 1. The van der Waals surface area contributed by atoms with E-state index in [9.17, 15) is 9.90 Å². The van der Waals surface area contributed by atoms with Gasteiger partial charge in [-0.25, -0.2) is 0 Å². The fourth-order valence-electron chi connectivity index (χ4n) is 1.99. The molecule has 0 spiro atoms. The summed E-state index contributed by atoms with van der Waals surface area (Å²) in [4.78, 5) is 15.4. The summed E-state index contributed by atoms with van der Waals surface area (Å²) in [6, 6.07) is 5.70. The highest BCUT2D eigenvalue weighted by Gasteiger charge is 2.41. The van der Waals surface area contributed by atoms with E-state index >= 15 is 0 Å². The molecule has 0 aliphatic carbocycles. The van der Waals surface area contributed by atoms with Crippen molar-refractivity contribution in [2.75, 3.05) is 13.2 Å². The van der Waals surface area contributed by atoms with Crippen molar-refractivity contribution in [1.82, 2.24) is 4.98 Å². The molecule has 2 heterocycles. The number of rotatable bonds is 4. The van der Waals surface area contributed by atoms with Crippen LogP contribution in [-0.2, 0) is 16.0 Å². The van der Waals surface area contributed by atoms with E-state index < -0.39 is 11.4 Å². The van der Waals surface area contributed by atoms with Gasteiger partial charge in [-0.2, -0.15) is 0 Å². The van der Waals surface area contributed by atoms with Gasteiger partial charge in [0.2, 0.25) is 0 Å². The monoisotopic (exact) mass is 221 g/mol. The predicted octanol–water partition coefficient (Wildman–Crippen LogP) is 1.51. The normalized spacial score (nSPS) is 24.5. The molecule has 0 saturated carbocycles. The van der Waals surface area contributed by atoms with E-state index in [1.807, 2.05) is 18.2 Å². The minimum atomic E-state index is -0.749. The summed E-state index contributed by atoms with van der Waals surface area (Å²) in [6.45, 7) is 0.879. The zero-order valence-electron chi connectivity index (χ0n) is 9.06. The topological polar surface area (TPSA) is 59.4 Å². The minimum Gasteiger partial charge on any atom is -0.481 e. The van der Waals surface area contributed by atoms with Crippen LogP contribution in [0.25, 0.3) is 0 Å². The van der Waals surface area contributed by atoms with Gasteiger partial charge in [-0.1, -0.05) is 6.07 Å². The Hall–Kier alpha value is -1.42. The second-order valence-electron chi connectivity index (χ2n) is 4.21. The number of hydrogen-bond acceptors (Lipinski definition) is 3. The lowest BCUT2D eigenvalue weighted by Crippen LogP contribution is -2.32. The Morgan fingerprint density at radius 3 is 3.00 bits per heavy atom. The number of carboxylic acid groups (broad SMARTS) is 1.